The summed E-state index contributed by atoms with van der Waals surface area (Å²) in [4.78, 5) is 13.5. The molecular formula is C17H25NO5S. The van der Waals surface area contributed by atoms with Gasteiger partial charge in [0.1, 0.15) is 5.60 Å². The summed E-state index contributed by atoms with van der Waals surface area (Å²) in [6.07, 6.45) is -1.85. The fourth-order valence-electron chi connectivity index (χ4n) is 2.26. The predicted molar refractivity (Wildman–Crippen MR) is 90.3 cm³/mol. The molecule has 1 aromatic rings. The summed E-state index contributed by atoms with van der Waals surface area (Å²) in [5.74, 6) is 0. The van der Waals surface area contributed by atoms with Crippen molar-refractivity contribution in [1.82, 2.24) is 4.90 Å². The van der Waals surface area contributed by atoms with Gasteiger partial charge < -0.3 is 9.64 Å². The number of rotatable bonds is 3. The fourth-order valence-corrected chi connectivity index (χ4v) is 3.30. The molecular weight excluding hydrogens is 330 g/mol. The van der Waals surface area contributed by atoms with Gasteiger partial charge in [-0.25, -0.2) is 4.79 Å². The molecule has 0 aromatic heterocycles. The first-order chi connectivity index (χ1) is 11.4. The molecule has 1 saturated heterocycles. The lowest BCUT2D eigenvalue weighted by Crippen LogP contribution is -2.43. The lowest BCUT2D eigenvalue weighted by atomic mass is 10.1. The Morgan fingerprint density at radius 1 is 1.21 bits per heavy atom. The Hall–Kier alpha value is -1.60. The van der Waals surface area contributed by atoms with E-state index in [9.17, 15) is 13.2 Å². The summed E-state index contributed by atoms with van der Waals surface area (Å²) in [6.45, 7) is 7.61. The zero-order valence-electron chi connectivity index (χ0n) is 15.5. The van der Waals surface area contributed by atoms with E-state index >= 15 is 0 Å². The van der Waals surface area contributed by atoms with Crippen LogP contribution in [0.4, 0.5) is 4.79 Å². The maximum absolute atomic E-state index is 12.4. The smallest absolute Gasteiger partial charge is 0.410 e. The van der Waals surface area contributed by atoms with E-state index in [0.717, 1.165) is 5.56 Å². The second-order valence-corrected chi connectivity index (χ2v) is 8.40. The third kappa shape index (κ3) is 5.21. The van der Waals surface area contributed by atoms with Gasteiger partial charge in [0.15, 0.2) is 0 Å². The molecule has 24 heavy (non-hydrogen) atoms. The van der Waals surface area contributed by atoms with Gasteiger partial charge in [0.05, 0.1) is 12.3 Å². The largest absolute Gasteiger partial charge is 0.444 e. The summed E-state index contributed by atoms with van der Waals surface area (Å²) < 4.78 is 43.5. The van der Waals surface area contributed by atoms with Gasteiger partial charge in [0, 0.05) is 13.1 Å². The monoisotopic (exact) mass is 356 g/mol. The average Bonchev–Trinajstić information content (AvgIpc) is 2.45. The van der Waals surface area contributed by atoms with Crippen LogP contribution in [0, 0.1) is 6.92 Å². The molecule has 0 saturated carbocycles. The van der Waals surface area contributed by atoms with E-state index < -0.39 is 27.9 Å². The molecule has 1 fully saturated rings. The Morgan fingerprint density at radius 2 is 1.75 bits per heavy atom. The van der Waals surface area contributed by atoms with Crippen LogP contribution < -0.4 is 0 Å². The van der Waals surface area contributed by atoms with Gasteiger partial charge in [-0.05, 0) is 52.7 Å². The Kier molecular flexibility index (Phi) is 5.10. The van der Waals surface area contributed by atoms with E-state index in [1.807, 2.05) is 6.92 Å². The van der Waals surface area contributed by atoms with Gasteiger partial charge in [0.2, 0.25) is 0 Å². The van der Waals surface area contributed by atoms with Gasteiger partial charge in [-0.1, -0.05) is 17.7 Å². The van der Waals surface area contributed by atoms with Crippen molar-refractivity contribution in [3.8, 4) is 0 Å². The number of nitrogens with zero attached hydrogens (tertiary/aromatic N) is 1. The third-order valence-electron chi connectivity index (χ3n) is 3.51. The summed E-state index contributed by atoms with van der Waals surface area (Å²) >= 11 is 0. The summed E-state index contributed by atoms with van der Waals surface area (Å²) in [7, 11) is -4.02. The van der Waals surface area contributed by atoms with Gasteiger partial charge >= 0.3 is 6.09 Å². The van der Waals surface area contributed by atoms with Crippen LogP contribution in [0.1, 0.15) is 40.5 Å². The fraction of sp³-hybridized carbons (Fsp3) is 0.588. The van der Waals surface area contributed by atoms with Crippen LogP contribution in [0.5, 0.6) is 0 Å². The highest BCUT2D eigenvalue weighted by Crippen LogP contribution is 2.22. The van der Waals surface area contributed by atoms with Crippen molar-refractivity contribution in [2.45, 2.75) is 57.1 Å². The topological polar surface area (TPSA) is 72.9 Å². The molecule has 0 bridgehead atoms. The number of carbonyl (C=O) groups excluding carboxylic acids is 1. The lowest BCUT2D eigenvalue weighted by molar-refractivity contribution is 0.0133. The van der Waals surface area contributed by atoms with E-state index in [-0.39, 0.29) is 30.8 Å². The predicted octanol–water partition coefficient (Wildman–Crippen LogP) is 3.10. The van der Waals surface area contributed by atoms with Crippen molar-refractivity contribution in [1.29, 1.82) is 0 Å². The molecule has 134 valence electrons. The van der Waals surface area contributed by atoms with E-state index in [4.69, 9.17) is 10.3 Å². The zero-order chi connectivity index (χ0) is 18.9. The van der Waals surface area contributed by atoms with Crippen LogP contribution in [0.15, 0.2) is 29.2 Å². The van der Waals surface area contributed by atoms with Crippen molar-refractivity contribution in [3.63, 3.8) is 0 Å². The first-order valence-corrected chi connectivity index (χ1v) is 9.31. The number of ether oxygens (including phenoxy) is 1. The standard InChI is InChI=1S/C17H25NO5S/c1-13-5-7-15(8-6-13)24(20,21)23-14-9-11-18(12-10-14)16(19)22-17(2,3)4/h5-8,14H,9-12H2,1-4H3/i14D. The molecule has 0 spiro atoms. The second kappa shape index (κ2) is 7.11. The maximum atomic E-state index is 12.4. The van der Waals surface area contributed by atoms with Crippen LogP contribution >= 0.6 is 0 Å². The molecule has 0 unspecified atom stereocenters. The molecule has 1 aromatic carbocycles. The van der Waals surface area contributed by atoms with Crippen LogP contribution in [0.25, 0.3) is 0 Å². The van der Waals surface area contributed by atoms with E-state index in [2.05, 4.69) is 0 Å². The number of benzene rings is 1. The normalized spacial score (nSPS) is 18.8. The number of hydrogen-bond acceptors (Lipinski definition) is 5. The maximum Gasteiger partial charge on any atom is 0.410 e. The van der Waals surface area contributed by atoms with Crippen LogP contribution in [-0.4, -0.2) is 44.2 Å². The minimum absolute atomic E-state index is 0.0271. The number of piperidine rings is 1. The second-order valence-electron chi connectivity index (χ2n) is 6.86. The molecule has 0 aliphatic carbocycles. The number of hydrogen-bond donors (Lipinski definition) is 0. The molecule has 1 aliphatic heterocycles. The van der Waals surface area contributed by atoms with Gasteiger partial charge in [-0.15, -0.1) is 0 Å². The number of likely N-dealkylation sites (tertiary alicyclic amines) is 1. The third-order valence-corrected chi connectivity index (χ3v) is 4.81. The minimum Gasteiger partial charge on any atom is -0.444 e. The highest BCUT2D eigenvalue weighted by Gasteiger charge is 2.30. The highest BCUT2D eigenvalue weighted by atomic mass is 32.2. The Labute approximate surface area is 145 Å². The Balaban J connectivity index is 2.00. The van der Waals surface area contributed by atoms with Crippen molar-refractivity contribution < 1.29 is 23.5 Å². The lowest BCUT2D eigenvalue weighted by Gasteiger charge is -2.33. The average molecular weight is 356 g/mol. The van der Waals surface area contributed by atoms with Gasteiger partial charge in [0.25, 0.3) is 10.1 Å². The molecule has 1 aliphatic rings. The quantitative estimate of drug-likeness (QED) is 0.778. The van der Waals surface area contributed by atoms with E-state index in [0.29, 0.717) is 0 Å². The van der Waals surface area contributed by atoms with Crippen molar-refractivity contribution in [3.05, 3.63) is 29.8 Å². The van der Waals surface area contributed by atoms with Crippen LogP contribution in [0.3, 0.4) is 0 Å². The minimum atomic E-state index is -4.02. The molecule has 0 radical (unpaired) electrons. The van der Waals surface area contributed by atoms with Crippen molar-refractivity contribution in [2.24, 2.45) is 0 Å². The Bertz CT molecular complexity index is 716. The molecule has 1 heterocycles. The van der Waals surface area contributed by atoms with Crippen molar-refractivity contribution >= 4 is 16.2 Å². The summed E-state index contributed by atoms with van der Waals surface area (Å²) in [6, 6.07) is 6.28. The molecule has 1 amide bonds. The van der Waals surface area contributed by atoms with Gasteiger partial charge in [-0.3, -0.25) is 4.18 Å². The number of amides is 1. The summed E-state index contributed by atoms with van der Waals surface area (Å²) in [5.41, 5.74) is 0.336. The SMILES string of the molecule is [2H]C1(OS(=O)(=O)c2ccc(C)cc2)CCN(C(=O)OC(C)(C)C)CC1. The van der Waals surface area contributed by atoms with E-state index in [1.54, 1.807) is 32.9 Å². The molecule has 2 rings (SSSR count). The Morgan fingerprint density at radius 3 is 2.25 bits per heavy atom. The summed E-state index contributed by atoms with van der Waals surface area (Å²) in [5, 5.41) is 0. The highest BCUT2D eigenvalue weighted by molar-refractivity contribution is 7.86. The number of aryl methyl sites for hydroxylation is 1. The first kappa shape index (κ1) is 17.2. The molecule has 0 N–H and O–H groups in total. The first-order valence-electron chi connectivity index (χ1n) is 8.41. The van der Waals surface area contributed by atoms with Crippen LogP contribution in [-0.2, 0) is 19.0 Å². The molecule has 7 heteroatoms. The molecule has 6 nitrogen and oxygen atoms in total. The van der Waals surface area contributed by atoms with Crippen LogP contribution in [0.2, 0.25) is 0 Å². The van der Waals surface area contributed by atoms with Gasteiger partial charge in [-0.2, -0.15) is 8.42 Å². The van der Waals surface area contributed by atoms with E-state index in [1.165, 1.54) is 17.0 Å². The number of carbonyl (C=O) groups is 1. The van der Waals surface area contributed by atoms with Crippen molar-refractivity contribution in [2.75, 3.05) is 13.1 Å². The molecule has 0 atom stereocenters. The zero-order valence-corrected chi connectivity index (χ0v) is 15.4.